The van der Waals surface area contributed by atoms with E-state index in [1.165, 1.54) is 0 Å². The average Bonchev–Trinajstić information content (AvgIpc) is 3.15. The maximum absolute atomic E-state index is 12.9. The standard InChI is InChI=1S/C28H34N2O5/c1-5-33-22-9-7-21(8-10-22)30-20(4)27(28(32)34-6-2)24-17-23(11-12-25(24)30)35-18-26(31)29-15-13-19(3)14-16-29/h7-12,17,19H,5-6,13-16,18H2,1-4H3. The lowest BCUT2D eigenvalue weighted by Crippen LogP contribution is -2.40. The summed E-state index contributed by atoms with van der Waals surface area (Å²) < 4.78 is 18.8. The monoisotopic (exact) mass is 478 g/mol. The number of piperidine rings is 1. The third-order valence-electron chi connectivity index (χ3n) is 6.56. The minimum Gasteiger partial charge on any atom is -0.494 e. The summed E-state index contributed by atoms with van der Waals surface area (Å²) in [4.78, 5) is 27.4. The summed E-state index contributed by atoms with van der Waals surface area (Å²) in [5, 5.41) is 0.728. The van der Waals surface area contributed by atoms with E-state index < -0.39 is 0 Å². The van der Waals surface area contributed by atoms with Crippen LogP contribution in [0.2, 0.25) is 0 Å². The predicted molar refractivity (Wildman–Crippen MR) is 136 cm³/mol. The molecule has 3 aromatic rings. The zero-order valence-electron chi connectivity index (χ0n) is 21.0. The first-order valence-corrected chi connectivity index (χ1v) is 12.4. The van der Waals surface area contributed by atoms with Gasteiger partial charge >= 0.3 is 5.97 Å². The number of ether oxygens (including phenoxy) is 3. The normalized spacial score (nSPS) is 14.2. The minimum atomic E-state index is -0.379. The Morgan fingerprint density at radius 2 is 1.63 bits per heavy atom. The van der Waals surface area contributed by atoms with Crippen molar-refractivity contribution in [3.05, 3.63) is 53.7 Å². The van der Waals surface area contributed by atoms with Crippen LogP contribution in [0, 0.1) is 12.8 Å². The van der Waals surface area contributed by atoms with Crippen LogP contribution in [0.15, 0.2) is 42.5 Å². The molecule has 1 amide bonds. The molecule has 0 radical (unpaired) electrons. The summed E-state index contributed by atoms with van der Waals surface area (Å²) in [6, 6.07) is 13.4. The van der Waals surface area contributed by atoms with Crippen molar-refractivity contribution in [3.8, 4) is 17.2 Å². The van der Waals surface area contributed by atoms with Crippen LogP contribution in [0.1, 0.15) is 49.7 Å². The van der Waals surface area contributed by atoms with Gasteiger partial charge in [0.05, 0.1) is 24.3 Å². The number of nitrogens with zero attached hydrogens (tertiary/aromatic N) is 2. The molecule has 0 atom stereocenters. The molecule has 7 nitrogen and oxygen atoms in total. The van der Waals surface area contributed by atoms with E-state index in [4.69, 9.17) is 14.2 Å². The summed E-state index contributed by atoms with van der Waals surface area (Å²) >= 11 is 0. The number of hydrogen-bond donors (Lipinski definition) is 0. The largest absolute Gasteiger partial charge is 0.494 e. The predicted octanol–water partition coefficient (Wildman–Crippen LogP) is 5.15. The third-order valence-corrected chi connectivity index (χ3v) is 6.56. The molecule has 2 aromatic carbocycles. The van der Waals surface area contributed by atoms with E-state index in [1.54, 1.807) is 6.92 Å². The number of aromatic nitrogens is 1. The van der Waals surface area contributed by atoms with E-state index in [0.29, 0.717) is 23.8 Å². The Labute approximate surface area is 206 Å². The lowest BCUT2D eigenvalue weighted by Gasteiger charge is -2.30. The Hall–Kier alpha value is -3.48. The average molecular weight is 479 g/mol. The number of benzene rings is 2. The molecule has 2 heterocycles. The summed E-state index contributed by atoms with van der Waals surface area (Å²) in [6.07, 6.45) is 2.05. The molecule has 186 valence electrons. The SMILES string of the molecule is CCOC(=O)c1c(C)n(-c2ccc(OCC)cc2)c2ccc(OCC(=O)N3CCC(C)CC3)cc12. The van der Waals surface area contributed by atoms with Gasteiger partial charge in [0.1, 0.15) is 11.5 Å². The zero-order valence-corrected chi connectivity index (χ0v) is 21.0. The number of esters is 1. The van der Waals surface area contributed by atoms with E-state index in [1.807, 2.05) is 65.8 Å². The smallest absolute Gasteiger partial charge is 0.340 e. The maximum Gasteiger partial charge on any atom is 0.340 e. The molecule has 0 unspecified atom stereocenters. The Morgan fingerprint density at radius 3 is 2.29 bits per heavy atom. The number of amides is 1. The highest BCUT2D eigenvalue weighted by atomic mass is 16.5. The van der Waals surface area contributed by atoms with Gasteiger partial charge in [-0.2, -0.15) is 0 Å². The van der Waals surface area contributed by atoms with E-state index in [-0.39, 0.29) is 25.1 Å². The molecule has 1 aliphatic heterocycles. The minimum absolute atomic E-state index is 0.00856. The van der Waals surface area contributed by atoms with E-state index in [9.17, 15) is 9.59 Å². The van der Waals surface area contributed by atoms with Gasteiger partial charge in [-0.15, -0.1) is 0 Å². The van der Waals surface area contributed by atoms with Crippen molar-refractivity contribution in [1.29, 1.82) is 0 Å². The first kappa shape index (κ1) is 24.6. The second kappa shape index (κ2) is 10.8. The summed E-state index contributed by atoms with van der Waals surface area (Å²) in [5.74, 6) is 1.61. The number of carbonyl (C=O) groups excluding carboxylic acids is 2. The quantitative estimate of drug-likeness (QED) is 0.419. The second-order valence-corrected chi connectivity index (χ2v) is 8.97. The van der Waals surface area contributed by atoms with E-state index in [0.717, 1.165) is 54.0 Å². The van der Waals surface area contributed by atoms with Gasteiger partial charge in [-0.3, -0.25) is 4.79 Å². The molecule has 1 aliphatic rings. The van der Waals surface area contributed by atoms with Gasteiger partial charge in [-0.25, -0.2) is 4.79 Å². The van der Waals surface area contributed by atoms with Gasteiger partial charge in [-0.05, 0) is 82.0 Å². The molecule has 1 aromatic heterocycles. The number of hydrogen-bond acceptors (Lipinski definition) is 5. The van der Waals surface area contributed by atoms with Crippen molar-refractivity contribution < 1.29 is 23.8 Å². The highest BCUT2D eigenvalue weighted by molar-refractivity contribution is 6.07. The van der Waals surface area contributed by atoms with Crippen LogP contribution in [0.3, 0.4) is 0 Å². The van der Waals surface area contributed by atoms with Gasteiger partial charge in [0.25, 0.3) is 5.91 Å². The molecule has 4 rings (SSSR count). The zero-order chi connectivity index (χ0) is 24.9. The number of carbonyl (C=O) groups is 2. The molecular weight excluding hydrogens is 444 g/mol. The number of rotatable bonds is 8. The van der Waals surface area contributed by atoms with Crippen LogP contribution in [0.5, 0.6) is 11.5 Å². The molecule has 0 saturated carbocycles. The molecule has 0 N–H and O–H groups in total. The first-order valence-electron chi connectivity index (χ1n) is 12.4. The molecule has 35 heavy (non-hydrogen) atoms. The van der Waals surface area contributed by atoms with Gasteiger partial charge in [0.15, 0.2) is 6.61 Å². The number of likely N-dealkylation sites (tertiary alicyclic amines) is 1. The Balaban J connectivity index is 1.64. The lowest BCUT2D eigenvalue weighted by atomic mass is 9.99. The molecule has 0 spiro atoms. The Kier molecular flexibility index (Phi) is 7.63. The van der Waals surface area contributed by atoms with Crippen molar-refractivity contribution in [3.63, 3.8) is 0 Å². The van der Waals surface area contributed by atoms with Crippen molar-refractivity contribution in [2.24, 2.45) is 5.92 Å². The fourth-order valence-corrected chi connectivity index (χ4v) is 4.63. The molecule has 0 bridgehead atoms. The van der Waals surface area contributed by atoms with Crippen LogP contribution < -0.4 is 9.47 Å². The second-order valence-electron chi connectivity index (χ2n) is 8.97. The topological polar surface area (TPSA) is 70.0 Å². The van der Waals surface area contributed by atoms with Gasteiger partial charge in [0.2, 0.25) is 0 Å². The summed E-state index contributed by atoms with van der Waals surface area (Å²) in [7, 11) is 0. The molecule has 1 saturated heterocycles. The van der Waals surface area contributed by atoms with Crippen LogP contribution in [-0.4, -0.2) is 54.3 Å². The molecule has 7 heteroatoms. The Morgan fingerprint density at radius 1 is 0.943 bits per heavy atom. The van der Waals surface area contributed by atoms with Crippen LogP contribution in [0.4, 0.5) is 0 Å². The van der Waals surface area contributed by atoms with Gasteiger partial charge in [-0.1, -0.05) is 6.92 Å². The third kappa shape index (κ3) is 5.29. The Bertz CT molecular complexity index is 1190. The fraction of sp³-hybridized carbons (Fsp3) is 0.429. The lowest BCUT2D eigenvalue weighted by molar-refractivity contribution is -0.134. The van der Waals surface area contributed by atoms with Gasteiger partial charge in [0, 0.05) is 29.9 Å². The van der Waals surface area contributed by atoms with Crippen LogP contribution in [-0.2, 0) is 9.53 Å². The van der Waals surface area contributed by atoms with Crippen molar-refractivity contribution in [2.75, 3.05) is 32.9 Å². The number of fused-ring (bicyclic) bond motifs is 1. The van der Waals surface area contributed by atoms with Crippen LogP contribution in [0.25, 0.3) is 16.6 Å². The molecule has 1 fully saturated rings. The van der Waals surface area contributed by atoms with Gasteiger partial charge < -0.3 is 23.7 Å². The molecule has 0 aliphatic carbocycles. The summed E-state index contributed by atoms with van der Waals surface area (Å²) in [6.45, 7) is 10.3. The van der Waals surface area contributed by atoms with Crippen molar-refractivity contribution in [2.45, 2.75) is 40.5 Å². The fourth-order valence-electron chi connectivity index (χ4n) is 4.63. The van der Waals surface area contributed by atoms with Crippen LogP contribution >= 0.6 is 0 Å². The van der Waals surface area contributed by atoms with Crippen molar-refractivity contribution >= 4 is 22.8 Å². The highest BCUT2D eigenvalue weighted by Crippen LogP contribution is 2.33. The maximum atomic E-state index is 12.9. The van der Waals surface area contributed by atoms with Crippen molar-refractivity contribution in [1.82, 2.24) is 9.47 Å². The molecular formula is C28H34N2O5. The summed E-state index contributed by atoms with van der Waals surface area (Å²) in [5.41, 5.74) is 3.05. The first-order chi connectivity index (χ1) is 16.9. The van der Waals surface area contributed by atoms with E-state index >= 15 is 0 Å². The van der Waals surface area contributed by atoms with E-state index in [2.05, 4.69) is 6.92 Å². The highest BCUT2D eigenvalue weighted by Gasteiger charge is 2.24.